The molecule has 6 nitrogen and oxygen atoms in total. The Balaban J connectivity index is 1.20. The van der Waals surface area contributed by atoms with Crippen molar-refractivity contribution in [2.45, 2.75) is 50.7 Å². The summed E-state index contributed by atoms with van der Waals surface area (Å²) in [6.07, 6.45) is 6.17. The molecule has 1 aromatic heterocycles. The Bertz CT molecular complexity index is 907. The SMILES string of the molecule is O=C(O)C(c1cccc(Cl)c1)N1CC[C@@H](OCCCCc2ccc3c(n2)NCCC3)C1. The fourth-order valence-electron chi connectivity index (χ4n) is 4.48. The standard InChI is InChI=1S/C24H30ClN3O3/c25-19-7-3-5-18(15-19)22(24(29)30)28-13-11-21(16-28)31-14-2-1-8-20-10-9-17-6-4-12-26-23(17)27-20/h3,5,7,9-10,15,21-22H,1-2,4,6,8,11-14,16H2,(H,26,27)(H,29,30)/t21-,22?/m1/s1. The minimum Gasteiger partial charge on any atom is -0.480 e. The van der Waals surface area contributed by atoms with Crippen LogP contribution >= 0.6 is 11.6 Å². The number of unbranched alkanes of at least 4 members (excludes halogenated alkanes) is 1. The largest absolute Gasteiger partial charge is 0.480 e. The summed E-state index contributed by atoms with van der Waals surface area (Å²) in [5, 5.41) is 13.7. The van der Waals surface area contributed by atoms with Crippen LogP contribution in [0.25, 0.3) is 0 Å². The maximum Gasteiger partial charge on any atom is 0.325 e. The number of rotatable bonds is 9. The van der Waals surface area contributed by atoms with Gasteiger partial charge in [-0.1, -0.05) is 29.8 Å². The number of likely N-dealkylation sites (tertiary alicyclic amines) is 1. The van der Waals surface area contributed by atoms with Crippen LogP contribution in [0, 0.1) is 0 Å². The quantitative estimate of drug-likeness (QED) is 0.562. The molecule has 2 aromatic rings. The average molecular weight is 444 g/mol. The van der Waals surface area contributed by atoms with Crippen molar-refractivity contribution in [1.29, 1.82) is 0 Å². The highest BCUT2D eigenvalue weighted by Gasteiger charge is 2.34. The van der Waals surface area contributed by atoms with E-state index in [-0.39, 0.29) is 6.10 Å². The fraction of sp³-hybridized carbons (Fsp3) is 0.500. The normalized spacial score (nSPS) is 19.6. The highest BCUT2D eigenvalue weighted by atomic mass is 35.5. The number of ether oxygens (including phenoxy) is 1. The summed E-state index contributed by atoms with van der Waals surface area (Å²) in [4.78, 5) is 18.6. The van der Waals surface area contributed by atoms with Gasteiger partial charge in [-0.05, 0) is 67.9 Å². The van der Waals surface area contributed by atoms with Gasteiger partial charge >= 0.3 is 5.97 Å². The first kappa shape index (κ1) is 22.1. The number of halogens is 1. The van der Waals surface area contributed by atoms with Crippen molar-refractivity contribution >= 4 is 23.4 Å². The number of nitrogens with zero attached hydrogens (tertiary/aromatic N) is 2. The number of hydrogen-bond acceptors (Lipinski definition) is 5. The van der Waals surface area contributed by atoms with Crippen LogP contribution in [0.15, 0.2) is 36.4 Å². The van der Waals surface area contributed by atoms with Gasteiger partial charge in [-0.3, -0.25) is 9.69 Å². The van der Waals surface area contributed by atoms with Gasteiger partial charge in [0, 0.05) is 37.0 Å². The summed E-state index contributed by atoms with van der Waals surface area (Å²) in [6.45, 7) is 3.04. The van der Waals surface area contributed by atoms with Crippen LogP contribution in [0.3, 0.4) is 0 Å². The zero-order valence-corrected chi connectivity index (χ0v) is 18.5. The zero-order valence-electron chi connectivity index (χ0n) is 17.7. The Hall–Kier alpha value is -2.15. The van der Waals surface area contributed by atoms with E-state index in [1.807, 2.05) is 11.0 Å². The van der Waals surface area contributed by atoms with Crippen molar-refractivity contribution in [3.8, 4) is 0 Å². The van der Waals surface area contributed by atoms with E-state index in [0.29, 0.717) is 30.3 Å². The number of anilines is 1. The van der Waals surface area contributed by atoms with Crippen LogP contribution in [0.2, 0.25) is 5.02 Å². The van der Waals surface area contributed by atoms with Crippen LogP contribution in [0.5, 0.6) is 0 Å². The summed E-state index contributed by atoms with van der Waals surface area (Å²) in [7, 11) is 0. The Labute approximate surface area is 188 Å². The molecular formula is C24H30ClN3O3. The molecule has 2 aliphatic heterocycles. The number of nitrogens with one attached hydrogen (secondary N) is 1. The lowest BCUT2D eigenvalue weighted by molar-refractivity contribution is -0.143. The topological polar surface area (TPSA) is 74.7 Å². The minimum absolute atomic E-state index is 0.0760. The molecule has 0 spiro atoms. The molecule has 3 heterocycles. The van der Waals surface area contributed by atoms with Crippen LogP contribution in [0.4, 0.5) is 5.82 Å². The second-order valence-corrected chi connectivity index (χ2v) is 8.81. The van der Waals surface area contributed by atoms with E-state index in [1.54, 1.807) is 18.2 Å². The van der Waals surface area contributed by atoms with Gasteiger partial charge in [-0.15, -0.1) is 0 Å². The summed E-state index contributed by atoms with van der Waals surface area (Å²) in [5.41, 5.74) is 3.17. The van der Waals surface area contributed by atoms with Gasteiger partial charge in [-0.2, -0.15) is 0 Å². The van der Waals surface area contributed by atoms with Gasteiger partial charge in [-0.25, -0.2) is 4.98 Å². The highest BCUT2D eigenvalue weighted by molar-refractivity contribution is 6.30. The lowest BCUT2D eigenvalue weighted by Gasteiger charge is -2.24. The number of aromatic nitrogens is 1. The Morgan fingerprint density at radius 2 is 2.23 bits per heavy atom. The number of carbonyl (C=O) groups is 1. The number of carboxylic acid groups (broad SMARTS) is 1. The van der Waals surface area contributed by atoms with Gasteiger partial charge in [0.25, 0.3) is 0 Å². The molecule has 2 atom stereocenters. The van der Waals surface area contributed by atoms with Gasteiger partial charge in [0.05, 0.1) is 6.10 Å². The lowest BCUT2D eigenvalue weighted by Crippen LogP contribution is -2.33. The molecule has 0 radical (unpaired) electrons. The molecule has 1 aromatic carbocycles. The van der Waals surface area contributed by atoms with Gasteiger partial charge in [0.15, 0.2) is 0 Å². The molecule has 166 valence electrons. The Morgan fingerprint density at radius 1 is 1.32 bits per heavy atom. The summed E-state index contributed by atoms with van der Waals surface area (Å²) in [6, 6.07) is 10.8. The van der Waals surface area contributed by atoms with Gasteiger partial charge in [0.1, 0.15) is 11.9 Å². The molecule has 2 N–H and O–H groups in total. The second kappa shape index (κ2) is 10.4. The molecule has 0 saturated carbocycles. The predicted octanol–water partition coefficient (Wildman–Crippen LogP) is 4.33. The second-order valence-electron chi connectivity index (χ2n) is 8.37. The number of aliphatic carboxylic acids is 1. The smallest absolute Gasteiger partial charge is 0.325 e. The van der Waals surface area contributed by atoms with Gasteiger partial charge < -0.3 is 15.2 Å². The van der Waals surface area contributed by atoms with Crippen LogP contribution < -0.4 is 5.32 Å². The molecule has 2 aliphatic rings. The molecule has 31 heavy (non-hydrogen) atoms. The molecule has 1 saturated heterocycles. The molecule has 4 rings (SSSR count). The van der Waals surface area contributed by atoms with Crippen molar-refractivity contribution in [1.82, 2.24) is 9.88 Å². The third kappa shape index (κ3) is 5.76. The molecule has 1 fully saturated rings. The molecule has 1 unspecified atom stereocenters. The molecular weight excluding hydrogens is 414 g/mol. The fourth-order valence-corrected chi connectivity index (χ4v) is 4.68. The van der Waals surface area contributed by atoms with E-state index in [1.165, 1.54) is 12.0 Å². The van der Waals surface area contributed by atoms with E-state index in [9.17, 15) is 9.90 Å². The summed E-state index contributed by atoms with van der Waals surface area (Å²) < 4.78 is 6.06. The Kier molecular flexibility index (Phi) is 7.43. The van der Waals surface area contributed by atoms with E-state index in [0.717, 1.165) is 50.2 Å². The number of benzene rings is 1. The first-order valence-electron chi connectivity index (χ1n) is 11.2. The van der Waals surface area contributed by atoms with E-state index >= 15 is 0 Å². The molecule has 0 aliphatic carbocycles. The molecule has 0 bridgehead atoms. The maximum atomic E-state index is 11.9. The highest BCUT2D eigenvalue weighted by Crippen LogP contribution is 2.28. The minimum atomic E-state index is -0.852. The number of fused-ring (bicyclic) bond motifs is 1. The van der Waals surface area contributed by atoms with Crippen molar-refractivity contribution < 1.29 is 14.6 Å². The summed E-state index contributed by atoms with van der Waals surface area (Å²) in [5.74, 6) is 0.202. The van der Waals surface area contributed by atoms with Crippen molar-refractivity contribution in [3.63, 3.8) is 0 Å². The van der Waals surface area contributed by atoms with Gasteiger partial charge in [0.2, 0.25) is 0 Å². The Morgan fingerprint density at radius 3 is 3.06 bits per heavy atom. The maximum absolute atomic E-state index is 11.9. The number of hydrogen-bond donors (Lipinski definition) is 2. The third-order valence-corrected chi connectivity index (χ3v) is 6.31. The van der Waals surface area contributed by atoms with Crippen molar-refractivity contribution in [2.24, 2.45) is 0 Å². The average Bonchev–Trinajstić information content (AvgIpc) is 3.21. The number of aryl methyl sites for hydroxylation is 2. The first-order chi connectivity index (χ1) is 15.1. The predicted molar refractivity (Wildman–Crippen MR) is 122 cm³/mol. The van der Waals surface area contributed by atoms with Crippen molar-refractivity contribution in [2.75, 3.05) is 31.6 Å². The van der Waals surface area contributed by atoms with E-state index in [4.69, 9.17) is 21.3 Å². The van der Waals surface area contributed by atoms with Crippen molar-refractivity contribution in [3.05, 3.63) is 58.2 Å². The lowest BCUT2D eigenvalue weighted by atomic mass is 10.1. The molecule has 0 amide bonds. The zero-order chi connectivity index (χ0) is 21.6. The first-order valence-corrected chi connectivity index (χ1v) is 11.5. The monoisotopic (exact) mass is 443 g/mol. The number of pyridine rings is 1. The van der Waals surface area contributed by atoms with E-state index < -0.39 is 12.0 Å². The molecule has 7 heteroatoms. The van der Waals surface area contributed by atoms with Crippen LogP contribution in [-0.4, -0.2) is 53.3 Å². The third-order valence-electron chi connectivity index (χ3n) is 6.07. The van der Waals surface area contributed by atoms with Crippen LogP contribution in [0.1, 0.15) is 48.5 Å². The number of carboxylic acids is 1. The van der Waals surface area contributed by atoms with Crippen LogP contribution in [-0.2, 0) is 22.4 Å². The van der Waals surface area contributed by atoms with E-state index in [2.05, 4.69) is 17.4 Å². The summed E-state index contributed by atoms with van der Waals surface area (Å²) >= 11 is 6.06.